The summed E-state index contributed by atoms with van der Waals surface area (Å²) in [6.45, 7) is 6.18. The Kier molecular flexibility index (Phi) is 4.59. The average Bonchev–Trinajstić information content (AvgIpc) is 2.92. The van der Waals surface area contributed by atoms with Crippen molar-refractivity contribution in [3.63, 3.8) is 0 Å². The van der Waals surface area contributed by atoms with E-state index in [4.69, 9.17) is 0 Å². The van der Waals surface area contributed by atoms with Crippen LogP contribution in [0.4, 0.5) is 0 Å². The van der Waals surface area contributed by atoms with Crippen LogP contribution in [0.1, 0.15) is 31.7 Å². The predicted molar refractivity (Wildman–Crippen MR) is 78.1 cm³/mol. The first kappa shape index (κ1) is 14.1. The van der Waals surface area contributed by atoms with Crippen molar-refractivity contribution in [2.24, 2.45) is 5.92 Å². The molecule has 1 fully saturated rings. The van der Waals surface area contributed by atoms with Gasteiger partial charge < -0.3 is 10.2 Å². The van der Waals surface area contributed by atoms with Gasteiger partial charge in [0.25, 0.3) is 0 Å². The summed E-state index contributed by atoms with van der Waals surface area (Å²) in [7, 11) is 1.94. The topological polar surface area (TPSA) is 32.3 Å². The quantitative estimate of drug-likeness (QED) is 0.900. The van der Waals surface area contributed by atoms with Gasteiger partial charge in [-0.3, -0.25) is 4.79 Å². The van der Waals surface area contributed by atoms with E-state index in [0.717, 1.165) is 25.1 Å². The van der Waals surface area contributed by atoms with Crippen LogP contribution in [0.2, 0.25) is 0 Å². The van der Waals surface area contributed by atoms with Crippen LogP contribution < -0.4 is 5.32 Å². The van der Waals surface area contributed by atoms with Crippen LogP contribution in [0.3, 0.4) is 0 Å². The van der Waals surface area contributed by atoms with Crippen LogP contribution in [0, 0.1) is 5.92 Å². The van der Waals surface area contributed by atoms with Crippen molar-refractivity contribution >= 4 is 5.91 Å². The summed E-state index contributed by atoms with van der Waals surface area (Å²) < 4.78 is 0. The Hall–Kier alpha value is -1.35. The fourth-order valence-electron chi connectivity index (χ4n) is 2.84. The molecule has 0 saturated carbocycles. The third kappa shape index (κ3) is 3.16. The van der Waals surface area contributed by atoms with Gasteiger partial charge in [-0.05, 0) is 24.4 Å². The van der Waals surface area contributed by atoms with E-state index in [2.05, 4.69) is 31.3 Å². The van der Waals surface area contributed by atoms with Crippen molar-refractivity contribution < 1.29 is 4.79 Å². The summed E-state index contributed by atoms with van der Waals surface area (Å²) in [6.07, 6.45) is 1.06. The largest absolute Gasteiger partial charge is 0.341 e. The van der Waals surface area contributed by atoms with Crippen LogP contribution in [0.25, 0.3) is 0 Å². The molecule has 1 heterocycles. The summed E-state index contributed by atoms with van der Waals surface area (Å²) in [5.74, 6) is 0.522. The van der Waals surface area contributed by atoms with E-state index in [-0.39, 0.29) is 11.8 Å². The molecule has 0 radical (unpaired) electrons. The number of rotatable bonds is 4. The highest BCUT2D eigenvalue weighted by Gasteiger charge is 2.31. The monoisotopic (exact) mass is 260 g/mol. The number of carbonyl (C=O) groups is 1. The first-order valence-corrected chi connectivity index (χ1v) is 7.13. The molecule has 1 saturated heterocycles. The molecule has 2 atom stereocenters. The van der Waals surface area contributed by atoms with Crippen LogP contribution in [-0.2, 0) is 4.79 Å². The maximum Gasteiger partial charge on any atom is 0.230 e. The van der Waals surface area contributed by atoms with Gasteiger partial charge in [0.2, 0.25) is 5.91 Å². The highest BCUT2D eigenvalue weighted by atomic mass is 16.2. The van der Waals surface area contributed by atoms with Crippen LogP contribution in [-0.4, -0.2) is 37.0 Å². The summed E-state index contributed by atoms with van der Waals surface area (Å²) in [6, 6.07) is 10.5. The first-order chi connectivity index (χ1) is 9.11. The van der Waals surface area contributed by atoms with Crippen molar-refractivity contribution in [2.75, 3.05) is 20.1 Å². The Balaban J connectivity index is 2.17. The molecule has 1 aromatic rings. The lowest BCUT2D eigenvalue weighted by atomic mass is 9.87. The molecule has 3 nitrogen and oxygen atoms in total. The number of carbonyl (C=O) groups excluding carboxylic acids is 1. The molecular formula is C16H24N2O. The van der Waals surface area contributed by atoms with Crippen molar-refractivity contribution in [1.29, 1.82) is 0 Å². The van der Waals surface area contributed by atoms with E-state index < -0.39 is 0 Å². The molecule has 0 aromatic heterocycles. The highest BCUT2D eigenvalue weighted by Crippen LogP contribution is 2.27. The molecule has 0 spiro atoms. The Morgan fingerprint density at radius 3 is 2.53 bits per heavy atom. The molecule has 1 aliphatic heterocycles. The maximum atomic E-state index is 12.8. The van der Waals surface area contributed by atoms with Gasteiger partial charge in [0.1, 0.15) is 0 Å². The van der Waals surface area contributed by atoms with E-state index in [1.54, 1.807) is 0 Å². The summed E-state index contributed by atoms with van der Waals surface area (Å²) in [5, 5.41) is 3.32. The second kappa shape index (κ2) is 6.20. The lowest BCUT2D eigenvalue weighted by Gasteiger charge is -2.30. The Morgan fingerprint density at radius 2 is 2.00 bits per heavy atom. The molecule has 1 N–H and O–H groups in total. The van der Waals surface area contributed by atoms with Crippen LogP contribution >= 0.6 is 0 Å². The zero-order valence-corrected chi connectivity index (χ0v) is 12.1. The van der Waals surface area contributed by atoms with Gasteiger partial charge in [-0.1, -0.05) is 44.2 Å². The normalized spacial score (nSPS) is 20.5. The van der Waals surface area contributed by atoms with Gasteiger partial charge >= 0.3 is 0 Å². The number of hydrogen-bond acceptors (Lipinski definition) is 2. The van der Waals surface area contributed by atoms with E-state index in [0.29, 0.717) is 12.0 Å². The van der Waals surface area contributed by atoms with Gasteiger partial charge in [0.15, 0.2) is 0 Å². The second-order valence-corrected chi connectivity index (χ2v) is 5.73. The minimum absolute atomic E-state index is 0.0354. The van der Waals surface area contributed by atoms with E-state index in [1.165, 1.54) is 0 Å². The lowest BCUT2D eigenvalue weighted by molar-refractivity contribution is -0.134. The predicted octanol–water partition coefficient (Wildman–Crippen LogP) is 2.25. The second-order valence-electron chi connectivity index (χ2n) is 5.73. The molecule has 1 aromatic carbocycles. The van der Waals surface area contributed by atoms with Crippen molar-refractivity contribution in [2.45, 2.75) is 32.2 Å². The van der Waals surface area contributed by atoms with Gasteiger partial charge in [-0.2, -0.15) is 0 Å². The number of nitrogens with one attached hydrogen (secondary N) is 1. The fourth-order valence-corrected chi connectivity index (χ4v) is 2.84. The standard InChI is InChI=1S/C16H24N2O/c1-12(2)15(13-7-5-4-6-8-13)16(19)18(3)14-9-10-17-11-14/h4-8,12,14-15,17H,9-11H2,1-3H3. The zero-order valence-electron chi connectivity index (χ0n) is 12.1. The molecule has 104 valence electrons. The van der Waals surface area contributed by atoms with Gasteiger partial charge in [-0.25, -0.2) is 0 Å². The molecule has 1 amide bonds. The number of hydrogen-bond donors (Lipinski definition) is 1. The Morgan fingerprint density at radius 1 is 1.32 bits per heavy atom. The maximum absolute atomic E-state index is 12.8. The third-order valence-electron chi connectivity index (χ3n) is 4.02. The van der Waals surface area contributed by atoms with Crippen molar-refractivity contribution in [3.05, 3.63) is 35.9 Å². The van der Waals surface area contributed by atoms with Gasteiger partial charge in [0.05, 0.1) is 5.92 Å². The number of benzene rings is 1. The SMILES string of the molecule is CC(C)C(C(=O)N(C)C1CCNC1)c1ccccc1. The zero-order chi connectivity index (χ0) is 13.8. The molecule has 19 heavy (non-hydrogen) atoms. The van der Waals surface area contributed by atoms with Gasteiger partial charge in [0, 0.05) is 19.6 Å². The smallest absolute Gasteiger partial charge is 0.230 e. The average molecular weight is 260 g/mol. The number of amides is 1. The van der Waals surface area contributed by atoms with Crippen molar-refractivity contribution in [3.8, 4) is 0 Å². The minimum Gasteiger partial charge on any atom is -0.341 e. The number of nitrogens with zero attached hydrogens (tertiary/aromatic N) is 1. The lowest BCUT2D eigenvalue weighted by Crippen LogP contribution is -2.42. The van der Waals surface area contributed by atoms with E-state index in [1.807, 2.05) is 30.1 Å². The van der Waals surface area contributed by atoms with E-state index >= 15 is 0 Å². The van der Waals surface area contributed by atoms with Crippen molar-refractivity contribution in [1.82, 2.24) is 10.2 Å². The molecule has 1 aliphatic rings. The summed E-state index contributed by atoms with van der Waals surface area (Å²) in [5.41, 5.74) is 1.13. The third-order valence-corrected chi connectivity index (χ3v) is 4.02. The van der Waals surface area contributed by atoms with Gasteiger partial charge in [-0.15, -0.1) is 0 Å². The summed E-state index contributed by atoms with van der Waals surface area (Å²) >= 11 is 0. The molecule has 0 aliphatic carbocycles. The molecule has 3 heteroatoms. The molecular weight excluding hydrogens is 236 g/mol. The Bertz CT molecular complexity index is 410. The minimum atomic E-state index is -0.0354. The summed E-state index contributed by atoms with van der Waals surface area (Å²) in [4.78, 5) is 14.7. The van der Waals surface area contributed by atoms with E-state index in [9.17, 15) is 4.79 Å². The van der Waals surface area contributed by atoms with Crippen LogP contribution in [0.5, 0.6) is 0 Å². The Labute approximate surface area is 116 Å². The fraction of sp³-hybridized carbons (Fsp3) is 0.562. The molecule has 2 unspecified atom stereocenters. The molecule has 2 rings (SSSR count). The van der Waals surface area contributed by atoms with Crippen LogP contribution in [0.15, 0.2) is 30.3 Å². The first-order valence-electron chi connectivity index (χ1n) is 7.13. The highest BCUT2D eigenvalue weighted by molar-refractivity contribution is 5.84. The molecule has 0 bridgehead atoms. The number of likely N-dealkylation sites (N-methyl/N-ethyl adjacent to an activating group) is 1.